The number of halogens is 2. The molecule has 0 radical (unpaired) electrons. The van der Waals surface area contributed by atoms with E-state index in [0.717, 1.165) is 17.7 Å². The molecular formula is C19H15F2N3O3S. The zero-order valence-electron chi connectivity index (χ0n) is 14.6. The molecule has 0 aliphatic carbocycles. The van der Waals surface area contributed by atoms with E-state index >= 15 is 0 Å². The molecule has 0 aliphatic rings. The van der Waals surface area contributed by atoms with Crippen LogP contribution in [0.4, 0.5) is 20.2 Å². The molecule has 1 aromatic heterocycles. The van der Waals surface area contributed by atoms with E-state index in [1.54, 1.807) is 12.1 Å². The first-order chi connectivity index (χ1) is 13.2. The summed E-state index contributed by atoms with van der Waals surface area (Å²) < 4.78 is 53.9. The van der Waals surface area contributed by atoms with Crippen LogP contribution in [0.3, 0.4) is 0 Å². The van der Waals surface area contributed by atoms with Crippen LogP contribution in [0.1, 0.15) is 16.1 Å². The minimum Gasteiger partial charge on any atom is -0.318 e. The summed E-state index contributed by atoms with van der Waals surface area (Å²) in [6, 6.07) is 11.5. The molecular weight excluding hydrogens is 388 g/mol. The molecule has 28 heavy (non-hydrogen) atoms. The topological polar surface area (TPSA) is 88.2 Å². The van der Waals surface area contributed by atoms with Crippen LogP contribution in [0, 0.1) is 18.6 Å². The Balaban J connectivity index is 1.79. The van der Waals surface area contributed by atoms with Gasteiger partial charge in [-0.25, -0.2) is 17.2 Å². The molecule has 1 heterocycles. The maximum absolute atomic E-state index is 13.7. The van der Waals surface area contributed by atoms with E-state index in [1.807, 2.05) is 6.92 Å². The average Bonchev–Trinajstić information content (AvgIpc) is 2.64. The van der Waals surface area contributed by atoms with Gasteiger partial charge in [-0.05, 0) is 43.3 Å². The van der Waals surface area contributed by atoms with Gasteiger partial charge in [-0.1, -0.05) is 17.7 Å². The van der Waals surface area contributed by atoms with Crippen molar-refractivity contribution in [2.75, 3.05) is 10.0 Å². The molecule has 0 saturated carbocycles. The molecule has 6 nitrogen and oxygen atoms in total. The SMILES string of the molecule is Cc1ccc(S(=O)(=O)Nc2ccnc(C(=O)Nc3ccc(F)cc3F)c2)cc1. The third kappa shape index (κ3) is 4.49. The number of aromatic nitrogens is 1. The third-order valence-corrected chi connectivity index (χ3v) is 5.15. The van der Waals surface area contributed by atoms with Crippen LogP contribution in [0.2, 0.25) is 0 Å². The first-order valence-corrected chi connectivity index (χ1v) is 9.55. The molecule has 3 rings (SSSR count). The zero-order chi connectivity index (χ0) is 20.3. The van der Waals surface area contributed by atoms with E-state index < -0.39 is 27.6 Å². The largest absolute Gasteiger partial charge is 0.318 e. The van der Waals surface area contributed by atoms with E-state index in [1.165, 1.54) is 30.5 Å². The van der Waals surface area contributed by atoms with Crippen LogP contribution in [0.5, 0.6) is 0 Å². The van der Waals surface area contributed by atoms with Gasteiger partial charge in [0.15, 0.2) is 0 Å². The number of pyridine rings is 1. The highest BCUT2D eigenvalue weighted by molar-refractivity contribution is 7.92. The Morgan fingerprint density at radius 3 is 2.39 bits per heavy atom. The van der Waals surface area contributed by atoms with E-state index in [4.69, 9.17) is 0 Å². The first-order valence-electron chi connectivity index (χ1n) is 8.06. The van der Waals surface area contributed by atoms with Crippen LogP contribution in [-0.2, 0) is 10.0 Å². The van der Waals surface area contributed by atoms with Crippen molar-refractivity contribution in [3.05, 3.63) is 83.7 Å². The highest BCUT2D eigenvalue weighted by Gasteiger charge is 2.16. The van der Waals surface area contributed by atoms with Gasteiger partial charge in [-0.3, -0.25) is 14.5 Å². The van der Waals surface area contributed by atoms with E-state index in [9.17, 15) is 22.0 Å². The Bertz CT molecular complexity index is 1130. The van der Waals surface area contributed by atoms with Crippen molar-refractivity contribution in [2.24, 2.45) is 0 Å². The van der Waals surface area contributed by atoms with Gasteiger partial charge in [0, 0.05) is 12.3 Å². The predicted octanol–water partition coefficient (Wildman–Crippen LogP) is 3.72. The fourth-order valence-corrected chi connectivity index (χ4v) is 3.38. The van der Waals surface area contributed by atoms with Crippen LogP contribution >= 0.6 is 0 Å². The van der Waals surface area contributed by atoms with Gasteiger partial charge in [0.2, 0.25) is 0 Å². The number of anilines is 2. The molecule has 0 aliphatic heterocycles. The minimum atomic E-state index is -3.85. The van der Waals surface area contributed by atoms with Gasteiger partial charge in [0.05, 0.1) is 16.3 Å². The smallest absolute Gasteiger partial charge is 0.274 e. The second-order valence-electron chi connectivity index (χ2n) is 5.93. The first kappa shape index (κ1) is 19.4. The number of sulfonamides is 1. The van der Waals surface area contributed by atoms with Crippen molar-refractivity contribution in [2.45, 2.75) is 11.8 Å². The molecule has 3 aromatic rings. The van der Waals surface area contributed by atoms with Crippen LogP contribution < -0.4 is 10.0 Å². The Hall–Kier alpha value is -3.33. The standard InChI is InChI=1S/C19H15F2N3O3S/c1-12-2-5-15(6-3-12)28(26,27)24-14-8-9-22-18(11-14)19(25)23-17-7-4-13(20)10-16(17)21/h2-11H,1H3,(H,22,24)(H,23,25). The Morgan fingerprint density at radius 1 is 1.00 bits per heavy atom. The third-order valence-electron chi connectivity index (χ3n) is 3.76. The molecule has 9 heteroatoms. The van der Waals surface area contributed by atoms with Gasteiger partial charge in [-0.15, -0.1) is 0 Å². The normalized spacial score (nSPS) is 11.1. The Morgan fingerprint density at radius 2 is 1.71 bits per heavy atom. The number of nitrogens with one attached hydrogen (secondary N) is 2. The fourth-order valence-electron chi connectivity index (χ4n) is 2.33. The second kappa shape index (κ2) is 7.73. The monoisotopic (exact) mass is 403 g/mol. The number of amides is 1. The quantitative estimate of drug-likeness (QED) is 0.680. The highest BCUT2D eigenvalue weighted by Crippen LogP contribution is 2.19. The summed E-state index contributed by atoms with van der Waals surface area (Å²) in [6.07, 6.45) is 1.24. The lowest BCUT2D eigenvalue weighted by Crippen LogP contribution is -2.17. The maximum Gasteiger partial charge on any atom is 0.274 e. The summed E-state index contributed by atoms with van der Waals surface area (Å²) in [5, 5.41) is 2.26. The molecule has 2 N–H and O–H groups in total. The summed E-state index contributed by atoms with van der Waals surface area (Å²) in [7, 11) is -3.85. The lowest BCUT2D eigenvalue weighted by atomic mass is 10.2. The highest BCUT2D eigenvalue weighted by atomic mass is 32.2. The van der Waals surface area contributed by atoms with Gasteiger partial charge in [0.1, 0.15) is 17.3 Å². The van der Waals surface area contributed by atoms with Gasteiger partial charge in [-0.2, -0.15) is 0 Å². The lowest BCUT2D eigenvalue weighted by molar-refractivity contribution is 0.102. The average molecular weight is 403 g/mol. The molecule has 0 unspecified atom stereocenters. The minimum absolute atomic E-state index is 0.0642. The number of benzene rings is 2. The predicted molar refractivity (Wildman–Crippen MR) is 101 cm³/mol. The number of carbonyl (C=O) groups is 1. The summed E-state index contributed by atoms with van der Waals surface area (Å²) >= 11 is 0. The second-order valence-corrected chi connectivity index (χ2v) is 7.61. The van der Waals surface area contributed by atoms with Crippen molar-refractivity contribution in [1.29, 1.82) is 0 Å². The molecule has 1 amide bonds. The summed E-state index contributed by atoms with van der Waals surface area (Å²) in [5.41, 5.74) is 0.654. The van der Waals surface area contributed by atoms with Crippen molar-refractivity contribution < 1.29 is 22.0 Å². The van der Waals surface area contributed by atoms with E-state index in [0.29, 0.717) is 6.07 Å². The molecule has 144 valence electrons. The van der Waals surface area contributed by atoms with Gasteiger partial charge in [0.25, 0.3) is 15.9 Å². The summed E-state index contributed by atoms with van der Waals surface area (Å²) in [4.78, 5) is 16.2. The molecule has 0 bridgehead atoms. The molecule has 0 spiro atoms. The van der Waals surface area contributed by atoms with Crippen molar-refractivity contribution in [3.8, 4) is 0 Å². The van der Waals surface area contributed by atoms with Crippen molar-refractivity contribution >= 4 is 27.3 Å². The number of rotatable bonds is 5. The van der Waals surface area contributed by atoms with Crippen LogP contribution in [-0.4, -0.2) is 19.3 Å². The Labute approximate surface area is 160 Å². The molecule has 0 saturated heterocycles. The van der Waals surface area contributed by atoms with E-state index in [2.05, 4.69) is 15.0 Å². The molecule has 0 atom stereocenters. The molecule has 0 fully saturated rings. The number of aryl methyl sites for hydroxylation is 1. The zero-order valence-corrected chi connectivity index (χ0v) is 15.4. The summed E-state index contributed by atoms with van der Waals surface area (Å²) in [6.45, 7) is 1.83. The van der Waals surface area contributed by atoms with Crippen LogP contribution in [0.25, 0.3) is 0 Å². The number of nitrogens with zero attached hydrogens (tertiary/aromatic N) is 1. The number of hydrogen-bond donors (Lipinski definition) is 2. The number of carbonyl (C=O) groups excluding carboxylic acids is 1. The maximum atomic E-state index is 13.7. The lowest BCUT2D eigenvalue weighted by Gasteiger charge is -2.10. The Kier molecular flexibility index (Phi) is 5.36. The molecule has 2 aromatic carbocycles. The van der Waals surface area contributed by atoms with Gasteiger partial charge < -0.3 is 5.32 Å². The number of hydrogen-bond acceptors (Lipinski definition) is 4. The fraction of sp³-hybridized carbons (Fsp3) is 0.0526. The van der Waals surface area contributed by atoms with Gasteiger partial charge >= 0.3 is 0 Å². The summed E-state index contributed by atoms with van der Waals surface area (Å²) in [5.74, 6) is -2.49. The van der Waals surface area contributed by atoms with E-state index in [-0.39, 0.29) is 22.0 Å². The van der Waals surface area contributed by atoms with Crippen molar-refractivity contribution in [3.63, 3.8) is 0 Å². The van der Waals surface area contributed by atoms with Crippen molar-refractivity contribution in [1.82, 2.24) is 4.98 Å². The van der Waals surface area contributed by atoms with Crippen LogP contribution in [0.15, 0.2) is 65.7 Å².